The van der Waals surface area contributed by atoms with Gasteiger partial charge in [-0.3, -0.25) is 19.8 Å². The molecule has 0 atom stereocenters. The van der Waals surface area contributed by atoms with Gasteiger partial charge in [-0.25, -0.2) is 13.1 Å². The number of ether oxygens (including phenoxy) is 1. The number of nitrogen functional groups attached to an aromatic ring is 1. The normalized spacial score (nSPS) is 10.9. The zero-order chi connectivity index (χ0) is 26.7. The maximum atomic E-state index is 12.8. The second-order valence-electron chi connectivity index (χ2n) is 7.63. The van der Waals surface area contributed by atoms with Gasteiger partial charge in [-0.05, 0) is 43.2 Å². The van der Waals surface area contributed by atoms with E-state index in [1.165, 1.54) is 24.3 Å². The first kappa shape index (κ1) is 28.5. The molecule has 0 aliphatic heterocycles. The van der Waals surface area contributed by atoms with Crippen LogP contribution in [0.1, 0.15) is 48.2 Å². The largest absolute Gasteiger partial charge is 0.466 e. The number of hydrogen-bond acceptors (Lipinski definition) is 7. The molecule has 0 aliphatic carbocycles. The van der Waals surface area contributed by atoms with E-state index in [0.717, 1.165) is 0 Å². The fourth-order valence-electron chi connectivity index (χ4n) is 3.30. The average Bonchev–Trinajstić information content (AvgIpc) is 2.83. The van der Waals surface area contributed by atoms with Crippen molar-refractivity contribution in [2.24, 2.45) is 5.73 Å². The molecular weight excluding hydrogens is 486 g/mol. The third-order valence-electron chi connectivity index (χ3n) is 5.07. The molecule has 0 fully saturated rings. The molecule has 0 saturated carbocycles. The van der Waals surface area contributed by atoms with Gasteiger partial charge in [-0.2, -0.15) is 0 Å². The molecule has 0 bridgehead atoms. The van der Waals surface area contributed by atoms with Gasteiger partial charge in [0.1, 0.15) is 5.84 Å². The zero-order valence-electron chi connectivity index (χ0n) is 20.2. The lowest BCUT2D eigenvalue weighted by Crippen LogP contribution is -2.29. The summed E-state index contributed by atoms with van der Waals surface area (Å²) in [7, 11) is -3.93. The summed E-state index contributed by atoms with van der Waals surface area (Å²) < 4.78 is 32.8. The van der Waals surface area contributed by atoms with Crippen LogP contribution < -0.4 is 21.1 Å². The molecule has 11 nitrogen and oxygen atoms in total. The minimum Gasteiger partial charge on any atom is -0.466 e. The van der Waals surface area contributed by atoms with Crippen LogP contribution >= 0.6 is 0 Å². The van der Waals surface area contributed by atoms with Crippen LogP contribution in [-0.4, -0.2) is 51.7 Å². The van der Waals surface area contributed by atoms with E-state index in [1.54, 1.807) is 32.0 Å². The van der Waals surface area contributed by atoms with Crippen LogP contribution in [0.25, 0.3) is 0 Å². The number of nitrogens with one attached hydrogen (secondary N) is 4. The molecule has 0 aliphatic rings. The molecule has 194 valence electrons. The third-order valence-corrected chi connectivity index (χ3v) is 6.62. The monoisotopic (exact) mass is 517 g/mol. The van der Waals surface area contributed by atoms with Crippen LogP contribution in [0.15, 0.2) is 47.4 Å². The van der Waals surface area contributed by atoms with Gasteiger partial charge in [-0.1, -0.05) is 25.1 Å². The lowest BCUT2D eigenvalue weighted by Gasteiger charge is -2.15. The number of esters is 1. The maximum absolute atomic E-state index is 12.8. The van der Waals surface area contributed by atoms with Gasteiger partial charge in [0.2, 0.25) is 15.9 Å². The molecule has 12 heteroatoms. The minimum absolute atomic E-state index is 0.00831. The van der Waals surface area contributed by atoms with E-state index >= 15 is 0 Å². The summed E-state index contributed by atoms with van der Waals surface area (Å²) in [5, 5.41) is 12.7. The Morgan fingerprint density at radius 2 is 1.64 bits per heavy atom. The number of amidine groups is 1. The Bertz CT molecular complexity index is 1210. The van der Waals surface area contributed by atoms with Crippen molar-refractivity contribution in [3.05, 3.63) is 59.2 Å². The molecule has 6 N–H and O–H groups in total. The van der Waals surface area contributed by atoms with Gasteiger partial charge in [0.05, 0.1) is 17.9 Å². The molecule has 2 rings (SSSR count). The van der Waals surface area contributed by atoms with E-state index in [1.807, 2.05) is 0 Å². The van der Waals surface area contributed by atoms with E-state index in [9.17, 15) is 22.8 Å². The first-order valence-electron chi connectivity index (χ1n) is 11.4. The Morgan fingerprint density at radius 1 is 0.972 bits per heavy atom. The number of rotatable bonds is 13. The first-order valence-corrected chi connectivity index (χ1v) is 12.9. The Hall–Kier alpha value is -3.77. The average molecular weight is 518 g/mol. The highest BCUT2D eigenvalue weighted by atomic mass is 32.2. The van der Waals surface area contributed by atoms with E-state index < -0.39 is 21.9 Å². The standard InChI is InChI=1S/C24H31N5O6S/c1-3-18-19(6-5-7-20(18)36(33,34)28-15-13-22(31)35-4-2)29-21(30)12-14-27-24(32)17-10-8-16(9-11-17)23(25)26/h5-11,28H,3-4,12-15H2,1-2H3,(H3,25,26)(H,27,32)(H,29,30). The maximum Gasteiger partial charge on any atom is 0.307 e. The highest BCUT2D eigenvalue weighted by Crippen LogP contribution is 2.25. The summed E-state index contributed by atoms with van der Waals surface area (Å²) in [5.74, 6) is -1.39. The lowest BCUT2D eigenvalue weighted by atomic mass is 10.1. The quantitative estimate of drug-likeness (QED) is 0.152. The Morgan fingerprint density at radius 3 is 2.25 bits per heavy atom. The molecule has 0 heterocycles. The predicted octanol–water partition coefficient (Wildman–Crippen LogP) is 1.52. The molecule has 0 spiro atoms. The van der Waals surface area contributed by atoms with Gasteiger partial charge in [0, 0.05) is 36.3 Å². The molecule has 2 amide bonds. The molecule has 2 aromatic rings. The van der Waals surface area contributed by atoms with Crippen molar-refractivity contribution in [1.29, 1.82) is 5.41 Å². The number of carbonyl (C=O) groups excluding carboxylic acids is 3. The highest BCUT2D eigenvalue weighted by Gasteiger charge is 2.21. The second-order valence-corrected chi connectivity index (χ2v) is 9.37. The van der Waals surface area contributed by atoms with Crippen molar-refractivity contribution in [3.8, 4) is 0 Å². The number of nitrogens with two attached hydrogens (primary N) is 1. The van der Waals surface area contributed by atoms with E-state index in [2.05, 4.69) is 15.4 Å². The number of carbonyl (C=O) groups is 3. The van der Waals surface area contributed by atoms with Crippen LogP contribution in [0.5, 0.6) is 0 Å². The van der Waals surface area contributed by atoms with Gasteiger partial charge >= 0.3 is 5.97 Å². The molecular formula is C24H31N5O6S. The summed E-state index contributed by atoms with van der Waals surface area (Å²) >= 11 is 0. The molecule has 0 saturated heterocycles. The summed E-state index contributed by atoms with van der Waals surface area (Å²) in [6, 6.07) is 10.7. The Labute approximate surface area is 210 Å². The molecule has 0 radical (unpaired) electrons. The SMILES string of the molecule is CCOC(=O)CCNS(=O)(=O)c1cccc(NC(=O)CCNC(=O)c2ccc(C(=N)N)cc2)c1CC. The molecule has 0 unspecified atom stereocenters. The Kier molecular flexibility index (Phi) is 10.6. The van der Waals surface area contributed by atoms with Crippen molar-refractivity contribution >= 4 is 39.3 Å². The lowest BCUT2D eigenvalue weighted by molar-refractivity contribution is -0.142. The van der Waals surface area contributed by atoms with Crippen molar-refractivity contribution < 1.29 is 27.5 Å². The van der Waals surface area contributed by atoms with Crippen molar-refractivity contribution in [2.75, 3.05) is 25.0 Å². The summed E-state index contributed by atoms with van der Waals surface area (Å²) in [4.78, 5) is 36.2. The Balaban J connectivity index is 1.97. The van der Waals surface area contributed by atoms with Crippen molar-refractivity contribution in [2.45, 2.75) is 38.0 Å². The fraction of sp³-hybridized carbons (Fsp3) is 0.333. The van der Waals surface area contributed by atoms with Crippen LogP contribution in [0, 0.1) is 5.41 Å². The van der Waals surface area contributed by atoms with Crippen molar-refractivity contribution in [1.82, 2.24) is 10.0 Å². The van der Waals surface area contributed by atoms with Crippen molar-refractivity contribution in [3.63, 3.8) is 0 Å². The van der Waals surface area contributed by atoms with Gasteiger partial charge in [0.15, 0.2) is 0 Å². The third kappa shape index (κ3) is 8.17. The van der Waals surface area contributed by atoms with Gasteiger partial charge < -0.3 is 21.1 Å². The minimum atomic E-state index is -3.93. The van der Waals surface area contributed by atoms with Gasteiger partial charge in [-0.15, -0.1) is 0 Å². The van der Waals surface area contributed by atoms with E-state index in [0.29, 0.717) is 28.8 Å². The summed E-state index contributed by atoms with van der Waals surface area (Å²) in [6.45, 7) is 3.59. The van der Waals surface area contributed by atoms with E-state index in [-0.39, 0.29) is 49.2 Å². The summed E-state index contributed by atoms with van der Waals surface area (Å²) in [6.07, 6.45) is 0.199. The molecule has 2 aromatic carbocycles. The van der Waals surface area contributed by atoms with Crippen LogP contribution in [-0.2, 0) is 30.8 Å². The first-order chi connectivity index (χ1) is 17.1. The molecule has 0 aromatic heterocycles. The highest BCUT2D eigenvalue weighted by molar-refractivity contribution is 7.89. The summed E-state index contributed by atoms with van der Waals surface area (Å²) in [5.41, 5.74) is 7.03. The van der Waals surface area contributed by atoms with E-state index in [4.69, 9.17) is 15.9 Å². The number of benzene rings is 2. The van der Waals surface area contributed by atoms with Gasteiger partial charge in [0.25, 0.3) is 5.91 Å². The van der Waals surface area contributed by atoms with Crippen LogP contribution in [0.3, 0.4) is 0 Å². The smallest absolute Gasteiger partial charge is 0.307 e. The topological polar surface area (TPSA) is 181 Å². The fourth-order valence-corrected chi connectivity index (χ4v) is 4.67. The number of hydrogen-bond donors (Lipinski definition) is 5. The number of amides is 2. The second kappa shape index (κ2) is 13.4. The van der Waals surface area contributed by atoms with Crippen LogP contribution in [0.2, 0.25) is 0 Å². The number of sulfonamides is 1. The zero-order valence-corrected chi connectivity index (χ0v) is 21.0. The predicted molar refractivity (Wildman–Crippen MR) is 135 cm³/mol. The molecule has 36 heavy (non-hydrogen) atoms. The van der Waals surface area contributed by atoms with Crippen LogP contribution in [0.4, 0.5) is 5.69 Å². The number of anilines is 1.